The monoisotopic (exact) mass is 489 g/mol. The number of aliphatic hydroxyl groups is 1. The molecular weight excluding hydrogens is 461 g/mol. The lowest BCUT2D eigenvalue weighted by atomic mass is 10.0. The fourth-order valence-electron chi connectivity index (χ4n) is 2.44. The van der Waals surface area contributed by atoms with E-state index in [4.69, 9.17) is 9.15 Å². The lowest BCUT2D eigenvalue weighted by Crippen LogP contribution is -2.39. The molecule has 4 N–H and O–H groups in total. The van der Waals surface area contributed by atoms with Crippen LogP contribution in [0.2, 0.25) is 0 Å². The van der Waals surface area contributed by atoms with Gasteiger partial charge in [-0.2, -0.15) is 0 Å². The predicted octanol–water partition coefficient (Wildman–Crippen LogP) is 2.62. The maximum Gasteiger partial charge on any atom is 0.191 e. The van der Waals surface area contributed by atoms with Crippen LogP contribution in [-0.4, -0.2) is 42.9 Å². The van der Waals surface area contributed by atoms with E-state index in [1.807, 2.05) is 19.1 Å². The first kappa shape index (κ1) is 23.1. The number of nitrogens with zero attached hydrogens (tertiary/aromatic N) is 1. The van der Waals surface area contributed by atoms with Gasteiger partial charge in [0.15, 0.2) is 5.96 Å². The normalized spacial score (nSPS) is 13.4. The van der Waals surface area contributed by atoms with Crippen molar-refractivity contribution in [2.75, 3.05) is 26.7 Å². The van der Waals surface area contributed by atoms with Crippen LogP contribution in [0.5, 0.6) is 11.5 Å². The molecule has 2 aromatic rings. The average molecular weight is 489 g/mol. The molecule has 0 radical (unpaired) electrons. The van der Waals surface area contributed by atoms with Crippen molar-refractivity contribution in [2.45, 2.75) is 25.9 Å². The molecule has 1 unspecified atom stereocenters. The SMILES string of the molecule is CCNC(=NCC(C)(O)c1ccco1)NCCc1ccc(OC)cc1O.I. The summed E-state index contributed by atoms with van der Waals surface area (Å²) in [7, 11) is 1.56. The van der Waals surface area contributed by atoms with E-state index >= 15 is 0 Å². The van der Waals surface area contributed by atoms with Gasteiger partial charge in [0.2, 0.25) is 0 Å². The van der Waals surface area contributed by atoms with Gasteiger partial charge < -0.3 is 30.0 Å². The molecule has 0 aliphatic carbocycles. The summed E-state index contributed by atoms with van der Waals surface area (Å²) >= 11 is 0. The third-order valence-corrected chi connectivity index (χ3v) is 3.92. The van der Waals surface area contributed by atoms with Crippen LogP contribution in [0.3, 0.4) is 0 Å². The summed E-state index contributed by atoms with van der Waals surface area (Å²) in [5.41, 5.74) is -0.364. The third kappa shape index (κ3) is 6.94. The first-order valence-corrected chi connectivity index (χ1v) is 8.60. The Bertz CT molecular complexity index is 718. The maximum absolute atomic E-state index is 10.5. The minimum Gasteiger partial charge on any atom is -0.508 e. The number of rotatable bonds is 8. The lowest BCUT2D eigenvalue weighted by molar-refractivity contribution is 0.0437. The number of aromatic hydroxyl groups is 1. The van der Waals surface area contributed by atoms with E-state index in [9.17, 15) is 10.2 Å². The van der Waals surface area contributed by atoms with Gasteiger partial charge in [-0.25, -0.2) is 4.99 Å². The van der Waals surface area contributed by atoms with Crippen LogP contribution in [0.4, 0.5) is 0 Å². The second kappa shape index (κ2) is 11.0. The van der Waals surface area contributed by atoms with Crippen molar-refractivity contribution in [3.63, 3.8) is 0 Å². The highest BCUT2D eigenvalue weighted by atomic mass is 127. The zero-order chi connectivity index (χ0) is 19.0. The number of halogens is 1. The molecule has 0 aliphatic heterocycles. The minimum atomic E-state index is -1.18. The summed E-state index contributed by atoms with van der Waals surface area (Å²) in [6.07, 6.45) is 2.15. The molecule has 0 bridgehead atoms. The summed E-state index contributed by atoms with van der Waals surface area (Å²) in [6.45, 7) is 5.06. The molecule has 1 heterocycles. The van der Waals surface area contributed by atoms with E-state index in [1.165, 1.54) is 6.26 Å². The molecule has 0 fully saturated rings. The smallest absolute Gasteiger partial charge is 0.191 e. The quantitative estimate of drug-likeness (QED) is 0.259. The number of hydrogen-bond acceptors (Lipinski definition) is 5. The number of nitrogens with one attached hydrogen (secondary N) is 2. The predicted molar refractivity (Wildman–Crippen MR) is 116 cm³/mol. The second-order valence-electron chi connectivity index (χ2n) is 6.12. The molecule has 1 atom stereocenters. The van der Waals surface area contributed by atoms with Crippen molar-refractivity contribution in [3.8, 4) is 11.5 Å². The van der Waals surface area contributed by atoms with Crippen LogP contribution in [-0.2, 0) is 12.0 Å². The van der Waals surface area contributed by atoms with Crippen molar-refractivity contribution in [2.24, 2.45) is 4.99 Å². The Balaban J connectivity index is 0.00000364. The van der Waals surface area contributed by atoms with Crippen LogP contribution >= 0.6 is 24.0 Å². The minimum absolute atomic E-state index is 0. The van der Waals surface area contributed by atoms with Gasteiger partial charge in [-0.15, -0.1) is 24.0 Å². The number of hydrogen-bond donors (Lipinski definition) is 4. The number of phenolic OH excluding ortho intramolecular Hbond substituents is 1. The highest BCUT2D eigenvalue weighted by Gasteiger charge is 2.26. The van der Waals surface area contributed by atoms with Crippen LogP contribution in [0.1, 0.15) is 25.2 Å². The Morgan fingerprint density at radius 1 is 1.30 bits per heavy atom. The van der Waals surface area contributed by atoms with E-state index < -0.39 is 5.60 Å². The Labute approximate surface area is 176 Å². The number of furan rings is 1. The molecule has 0 saturated carbocycles. The maximum atomic E-state index is 10.5. The van der Waals surface area contributed by atoms with Gasteiger partial charge in [0.05, 0.1) is 19.9 Å². The molecule has 0 saturated heterocycles. The zero-order valence-electron chi connectivity index (χ0n) is 15.9. The Kier molecular flexibility index (Phi) is 9.44. The number of phenols is 1. The Morgan fingerprint density at radius 3 is 2.67 bits per heavy atom. The van der Waals surface area contributed by atoms with Crippen molar-refractivity contribution < 1.29 is 19.4 Å². The van der Waals surface area contributed by atoms with E-state index in [1.54, 1.807) is 32.2 Å². The van der Waals surface area contributed by atoms with Gasteiger partial charge in [0.25, 0.3) is 0 Å². The summed E-state index contributed by atoms with van der Waals surface area (Å²) < 4.78 is 10.3. The second-order valence-corrected chi connectivity index (χ2v) is 6.12. The van der Waals surface area contributed by atoms with Gasteiger partial charge in [0.1, 0.15) is 22.9 Å². The van der Waals surface area contributed by atoms with Gasteiger partial charge in [-0.3, -0.25) is 0 Å². The molecule has 2 rings (SSSR count). The average Bonchev–Trinajstić information content (AvgIpc) is 3.16. The largest absolute Gasteiger partial charge is 0.508 e. The van der Waals surface area contributed by atoms with E-state index in [0.717, 1.165) is 5.56 Å². The van der Waals surface area contributed by atoms with Gasteiger partial charge in [-0.05, 0) is 44.0 Å². The van der Waals surface area contributed by atoms with Crippen LogP contribution < -0.4 is 15.4 Å². The lowest BCUT2D eigenvalue weighted by Gasteiger charge is -2.19. The number of benzene rings is 1. The van der Waals surface area contributed by atoms with E-state index in [2.05, 4.69) is 15.6 Å². The number of ether oxygens (including phenoxy) is 1. The number of aliphatic imine (C=N–C) groups is 1. The molecule has 0 amide bonds. The molecule has 7 nitrogen and oxygen atoms in total. The first-order valence-electron chi connectivity index (χ1n) is 8.60. The Hall–Kier alpha value is -1.94. The number of methoxy groups -OCH3 is 1. The molecule has 150 valence electrons. The van der Waals surface area contributed by atoms with Crippen molar-refractivity contribution >= 4 is 29.9 Å². The number of guanidine groups is 1. The van der Waals surface area contributed by atoms with Gasteiger partial charge in [0, 0.05) is 19.2 Å². The molecule has 1 aromatic carbocycles. The van der Waals surface area contributed by atoms with E-state index in [0.29, 0.717) is 37.0 Å². The van der Waals surface area contributed by atoms with E-state index in [-0.39, 0.29) is 36.3 Å². The zero-order valence-corrected chi connectivity index (χ0v) is 18.2. The van der Waals surface area contributed by atoms with Crippen LogP contribution in [0.15, 0.2) is 46.0 Å². The fraction of sp³-hybridized carbons (Fsp3) is 0.421. The summed E-state index contributed by atoms with van der Waals surface area (Å²) in [4.78, 5) is 4.42. The summed E-state index contributed by atoms with van der Waals surface area (Å²) in [5.74, 6) is 1.88. The standard InChI is InChI=1S/C19H27N3O4.HI/c1-4-20-18(22-13-19(2,24)17-6-5-11-26-17)21-10-9-14-7-8-15(25-3)12-16(14)23;/h5-8,11-12,23-24H,4,9-10,13H2,1-3H3,(H2,20,21,22);1H. The molecule has 1 aromatic heterocycles. The van der Waals surface area contributed by atoms with Crippen LogP contribution in [0.25, 0.3) is 0 Å². The van der Waals surface area contributed by atoms with Crippen LogP contribution in [0, 0.1) is 0 Å². The van der Waals surface area contributed by atoms with Gasteiger partial charge >= 0.3 is 0 Å². The summed E-state index contributed by atoms with van der Waals surface area (Å²) in [5, 5.41) is 26.8. The molecule has 0 spiro atoms. The van der Waals surface area contributed by atoms with Gasteiger partial charge in [-0.1, -0.05) is 6.07 Å². The first-order chi connectivity index (χ1) is 12.5. The van der Waals surface area contributed by atoms with Crippen molar-refractivity contribution in [1.82, 2.24) is 10.6 Å². The highest BCUT2D eigenvalue weighted by Crippen LogP contribution is 2.23. The molecule has 27 heavy (non-hydrogen) atoms. The van der Waals surface area contributed by atoms with Crippen molar-refractivity contribution in [3.05, 3.63) is 47.9 Å². The molecule has 0 aliphatic rings. The van der Waals surface area contributed by atoms with Crippen molar-refractivity contribution in [1.29, 1.82) is 0 Å². The summed E-state index contributed by atoms with van der Waals surface area (Å²) in [6, 6.07) is 8.70. The topological polar surface area (TPSA) is 99.3 Å². The highest BCUT2D eigenvalue weighted by molar-refractivity contribution is 14.0. The molecular formula is C19H28IN3O4. The Morgan fingerprint density at radius 2 is 2.07 bits per heavy atom. The molecule has 8 heteroatoms. The third-order valence-electron chi connectivity index (χ3n) is 3.92. The fourth-order valence-corrected chi connectivity index (χ4v) is 2.44.